The standard InChI is InChI=1S/C17H17Cl2N3O3S/c1-9-7-10(2)21-17(20-9)26-8-14(23)25-11(3)16(24)22-15-12(18)5-4-6-13(15)19/h4-7,11H,8H2,1-3H3,(H,22,24)/t11-/m0/s1. The molecule has 138 valence electrons. The summed E-state index contributed by atoms with van der Waals surface area (Å²) in [4.78, 5) is 32.6. The van der Waals surface area contributed by atoms with Crippen molar-refractivity contribution in [3.05, 3.63) is 45.7 Å². The third-order valence-corrected chi connectivity index (χ3v) is 4.62. The molecule has 9 heteroatoms. The second-order valence-electron chi connectivity index (χ2n) is 5.44. The van der Waals surface area contributed by atoms with Crippen LogP contribution in [0.2, 0.25) is 10.0 Å². The number of aromatic nitrogens is 2. The van der Waals surface area contributed by atoms with Gasteiger partial charge in [0.05, 0.1) is 21.5 Å². The van der Waals surface area contributed by atoms with E-state index in [2.05, 4.69) is 15.3 Å². The number of benzene rings is 1. The van der Waals surface area contributed by atoms with Crippen LogP contribution < -0.4 is 5.32 Å². The summed E-state index contributed by atoms with van der Waals surface area (Å²) in [5.74, 6) is -1.08. The van der Waals surface area contributed by atoms with Crippen LogP contribution in [0, 0.1) is 13.8 Å². The molecule has 0 radical (unpaired) electrons. The van der Waals surface area contributed by atoms with Crippen LogP contribution in [-0.2, 0) is 14.3 Å². The predicted molar refractivity (Wildman–Crippen MR) is 103 cm³/mol. The summed E-state index contributed by atoms with van der Waals surface area (Å²) in [6.07, 6.45) is -1.00. The van der Waals surface area contributed by atoms with E-state index in [0.29, 0.717) is 15.2 Å². The minimum Gasteiger partial charge on any atom is -0.452 e. The molecule has 6 nitrogen and oxygen atoms in total. The number of carbonyl (C=O) groups excluding carboxylic acids is 2. The Hall–Kier alpha value is -1.83. The number of carbonyl (C=O) groups is 2. The fourth-order valence-corrected chi connectivity index (χ4v) is 3.23. The van der Waals surface area contributed by atoms with Crippen molar-refractivity contribution in [2.24, 2.45) is 0 Å². The maximum atomic E-state index is 12.2. The molecule has 0 unspecified atom stereocenters. The van der Waals surface area contributed by atoms with Crippen LogP contribution in [0.3, 0.4) is 0 Å². The largest absolute Gasteiger partial charge is 0.452 e. The molecule has 1 atom stereocenters. The predicted octanol–water partition coefficient (Wildman–Crippen LogP) is 4.06. The number of esters is 1. The normalized spacial score (nSPS) is 11.7. The number of para-hydroxylation sites is 1. The van der Waals surface area contributed by atoms with Crippen LogP contribution in [0.1, 0.15) is 18.3 Å². The molecule has 1 amide bonds. The van der Waals surface area contributed by atoms with Crippen LogP contribution in [0.15, 0.2) is 29.4 Å². The van der Waals surface area contributed by atoms with Crippen LogP contribution in [-0.4, -0.2) is 33.7 Å². The van der Waals surface area contributed by atoms with Gasteiger partial charge in [0.2, 0.25) is 0 Å². The van der Waals surface area contributed by atoms with Gasteiger partial charge in [-0.3, -0.25) is 9.59 Å². The molecular formula is C17H17Cl2N3O3S. The number of ether oxygens (including phenoxy) is 1. The van der Waals surface area contributed by atoms with E-state index in [1.807, 2.05) is 19.9 Å². The van der Waals surface area contributed by atoms with Crippen molar-refractivity contribution in [1.82, 2.24) is 9.97 Å². The maximum absolute atomic E-state index is 12.2. The number of nitrogens with one attached hydrogen (secondary N) is 1. The first-order valence-electron chi connectivity index (χ1n) is 7.65. The van der Waals surface area contributed by atoms with E-state index in [9.17, 15) is 9.59 Å². The van der Waals surface area contributed by atoms with Gasteiger partial charge in [-0.15, -0.1) is 0 Å². The Balaban J connectivity index is 1.89. The number of amides is 1. The second-order valence-corrected chi connectivity index (χ2v) is 7.20. The van der Waals surface area contributed by atoms with Gasteiger partial charge in [0.1, 0.15) is 0 Å². The van der Waals surface area contributed by atoms with Gasteiger partial charge in [0.25, 0.3) is 5.91 Å². The SMILES string of the molecule is Cc1cc(C)nc(SCC(=O)O[C@@H](C)C(=O)Nc2c(Cl)cccc2Cl)n1. The first-order chi connectivity index (χ1) is 12.3. The molecule has 0 aliphatic carbocycles. The highest BCUT2D eigenvalue weighted by atomic mass is 35.5. The van der Waals surface area contributed by atoms with E-state index in [1.54, 1.807) is 18.2 Å². The van der Waals surface area contributed by atoms with Gasteiger partial charge >= 0.3 is 5.97 Å². The molecule has 0 saturated heterocycles. The number of hydrogen-bond acceptors (Lipinski definition) is 6. The van der Waals surface area contributed by atoms with Gasteiger partial charge in [0.15, 0.2) is 11.3 Å². The summed E-state index contributed by atoms with van der Waals surface area (Å²) in [6, 6.07) is 6.70. The van der Waals surface area contributed by atoms with E-state index in [4.69, 9.17) is 27.9 Å². The summed E-state index contributed by atoms with van der Waals surface area (Å²) in [5.41, 5.74) is 1.91. The molecule has 1 aromatic heterocycles. The minimum atomic E-state index is -1.00. The van der Waals surface area contributed by atoms with Gasteiger partial charge in [-0.05, 0) is 39.0 Å². The molecule has 26 heavy (non-hydrogen) atoms. The van der Waals surface area contributed by atoms with Crippen LogP contribution >= 0.6 is 35.0 Å². The number of thioether (sulfide) groups is 1. The lowest BCUT2D eigenvalue weighted by atomic mass is 10.3. The fraction of sp³-hybridized carbons (Fsp3) is 0.294. The molecule has 0 saturated carbocycles. The number of aryl methyl sites for hydroxylation is 2. The van der Waals surface area contributed by atoms with Crippen molar-refractivity contribution >= 4 is 52.5 Å². The fourth-order valence-electron chi connectivity index (χ4n) is 2.01. The van der Waals surface area contributed by atoms with Crippen LogP contribution in [0.5, 0.6) is 0 Å². The minimum absolute atomic E-state index is 0.00658. The number of halogens is 2. The average Bonchev–Trinajstić information content (AvgIpc) is 2.55. The van der Waals surface area contributed by atoms with E-state index in [-0.39, 0.29) is 11.4 Å². The second kappa shape index (κ2) is 9.21. The number of rotatable bonds is 6. The van der Waals surface area contributed by atoms with Gasteiger partial charge < -0.3 is 10.1 Å². The summed E-state index contributed by atoms with van der Waals surface area (Å²) in [6.45, 7) is 5.17. The van der Waals surface area contributed by atoms with Crippen molar-refractivity contribution in [2.45, 2.75) is 32.0 Å². The lowest BCUT2D eigenvalue weighted by molar-refractivity contribution is -0.150. The van der Waals surface area contributed by atoms with E-state index < -0.39 is 18.0 Å². The number of nitrogens with zero attached hydrogens (tertiary/aromatic N) is 2. The van der Waals surface area contributed by atoms with Gasteiger partial charge in [-0.1, -0.05) is 41.0 Å². The molecule has 2 rings (SSSR count). The quantitative estimate of drug-likeness (QED) is 0.436. The molecule has 0 bridgehead atoms. The monoisotopic (exact) mass is 413 g/mol. The number of hydrogen-bond donors (Lipinski definition) is 1. The Bertz CT molecular complexity index is 792. The Morgan fingerprint density at radius 2 is 1.77 bits per heavy atom. The van der Waals surface area contributed by atoms with Crippen molar-refractivity contribution in [1.29, 1.82) is 0 Å². The molecule has 1 heterocycles. The summed E-state index contributed by atoms with van der Waals surface area (Å²) in [7, 11) is 0. The molecule has 0 fully saturated rings. The first-order valence-corrected chi connectivity index (χ1v) is 9.40. The highest BCUT2D eigenvalue weighted by Gasteiger charge is 2.20. The highest BCUT2D eigenvalue weighted by molar-refractivity contribution is 7.99. The highest BCUT2D eigenvalue weighted by Crippen LogP contribution is 2.30. The van der Waals surface area contributed by atoms with Gasteiger partial charge in [-0.2, -0.15) is 0 Å². The van der Waals surface area contributed by atoms with E-state index >= 15 is 0 Å². The molecular weight excluding hydrogens is 397 g/mol. The van der Waals surface area contributed by atoms with Crippen molar-refractivity contribution in [3.8, 4) is 0 Å². The molecule has 1 aromatic carbocycles. The smallest absolute Gasteiger partial charge is 0.317 e. The van der Waals surface area contributed by atoms with E-state index in [0.717, 1.165) is 23.1 Å². The Morgan fingerprint density at radius 3 is 2.35 bits per heavy atom. The lowest BCUT2D eigenvalue weighted by Gasteiger charge is -2.15. The summed E-state index contributed by atoms with van der Waals surface area (Å²) in [5, 5.41) is 3.64. The Kier molecular flexibility index (Phi) is 7.25. The average molecular weight is 414 g/mol. The van der Waals surface area contributed by atoms with Crippen molar-refractivity contribution in [3.63, 3.8) is 0 Å². The van der Waals surface area contributed by atoms with Crippen molar-refractivity contribution < 1.29 is 14.3 Å². The molecule has 0 aliphatic rings. The molecule has 1 N–H and O–H groups in total. The van der Waals surface area contributed by atoms with Crippen molar-refractivity contribution in [2.75, 3.05) is 11.1 Å². The van der Waals surface area contributed by atoms with Gasteiger partial charge in [-0.25, -0.2) is 9.97 Å². The lowest BCUT2D eigenvalue weighted by Crippen LogP contribution is -2.30. The zero-order chi connectivity index (χ0) is 19.3. The maximum Gasteiger partial charge on any atom is 0.317 e. The molecule has 2 aromatic rings. The third kappa shape index (κ3) is 5.86. The topological polar surface area (TPSA) is 81.2 Å². The third-order valence-electron chi connectivity index (χ3n) is 3.17. The van der Waals surface area contributed by atoms with Gasteiger partial charge in [0, 0.05) is 11.4 Å². The molecule has 0 aliphatic heterocycles. The zero-order valence-electron chi connectivity index (χ0n) is 14.4. The van der Waals surface area contributed by atoms with Crippen LogP contribution in [0.4, 0.5) is 5.69 Å². The Morgan fingerprint density at radius 1 is 1.19 bits per heavy atom. The zero-order valence-corrected chi connectivity index (χ0v) is 16.7. The first kappa shape index (κ1) is 20.5. The number of anilines is 1. The van der Waals surface area contributed by atoms with E-state index in [1.165, 1.54) is 6.92 Å². The molecule has 0 spiro atoms. The summed E-state index contributed by atoms with van der Waals surface area (Å²) >= 11 is 13.2. The Labute approximate surface area is 165 Å². The summed E-state index contributed by atoms with van der Waals surface area (Å²) < 4.78 is 5.13. The van der Waals surface area contributed by atoms with Crippen LogP contribution in [0.25, 0.3) is 0 Å².